The van der Waals surface area contributed by atoms with Crippen LogP contribution in [-0.2, 0) is 16.0 Å². The second-order valence-corrected chi connectivity index (χ2v) is 5.93. The van der Waals surface area contributed by atoms with Crippen molar-refractivity contribution in [2.75, 3.05) is 26.2 Å². The van der Waals surface area contributed by atoms with Crippen LogP contribution in [0.4, 0.5) is 0 Å². The van der Waals surface area contributed by atoms with Crippen molar-refractivity contribution < 1.29 is 9.53 Å². The molecule has 20 heavy (non-hydrogen) atoms. The van der Waals surface area contributed by atoms with Crippen molar-refractivity contribution in [3.05, 3.63) is 35.4 Å². The number of hydrogen-bond donors (Lipinski definition) is 0. The second-order valence-electron chi connectivity index (χ2n) is 5.93. The van der Waals surface area contributed by atoms with Crippen molar-refractivity contribution in [1.29, 1.82) is 0 Å². The van der Waals surface area contributed by atoms with Crippen LogP contribution in [0.5, 0.6) is 0 Å². The minimum Gasteiger partial charge on any atom is -0.466 e. The van der Waals surface area contributed by atoms with Gasteiger partial charge in [-0.2, -0.15) is 0 Å². The molecule has 0 spiro atoms. The smallest absolute Gasteiger partial charge is 0.309 e. The molecule has 3 rings (SSSR count). The van der Waals surface area contributed by atoms with Crippen LogP contribution in [0.25, 0.3) is 0 Å². The summed E-state index contributed by atoms with van der Waals surface area (Å²) in [5.74, 6) is 0.825. The van der Waals surface area contributed by atoms with E-state index in [2.05, 4.69) is 29.2 Å². The summed E-state index contributed by atoms with van der Waals surface area (Å²) in [6.07, 6.45) is 3.12. The van der Waals surface area contributed by atoms with Crippen LogP contribution in [0.3, 0.4) is 0 Å². The standard InChI is InChI=1S/C17H23NO2/c1-2-20-17(19)13-7-9-18(10-8-13)12-15-11-14-5-3-4-6-16(14)15/h3-6,13,15H,2,7-12H2,1H3. The molecular formula is C17H23NO2. The molecule has 1 fully saturated rings. The van der Waals surface area contributed by atoms with Crippen LogP contribution in [-0.4, -0.2) is 37.1 Å². The summed E-state index contributed by atoms with van der Waals surface area (Å²) in [4.78, 5) is 14.2. The lowest BCUT2D eigenvalue weighted by Crippen LogP contribution is -2.40. The van der Waals surface area contributed by atoms with Crippen LogP contribution in [0.15, 0.2) is 24.3 Å². The normalized spacial score (nSPS) is 22.9. The fraction of sp³-hybridized carbons (Fsp3) is 0.588. The fourth-order valence-electron chi connectivity index (χ4n) is 3.45. The number of carbonyl (C=O) groups is 1. The van der Waals surface area contributed by atoms with Gasteiger partial charge < -0.3 is 9.64 Å². The van der Waals surface area contributed by atoms with Crippen LogP contribution >= 0.6 is 0 Å². The SMILES string of the molecule is CCOC(=O)C1CCN(CC2Cc3ccccc32)CC1. The van der Waals surface area contributed by atoms with Crippen LogP contribution in [0.1, 0.15) is 36.8 Å². The highest BCUT2D eigenvalue weighted by Crippen LogP contribution is 2.36. The average Bonchev–Trinajstić information content (AvgIpc) is 2.46. The Kier molecular flexibility index (Phi) is 4.06. The van der Waals surface area contributed by atoms with Gasteiger partial charge in [0.05, 0.1) is 12.5 Å². The van der Waals surface area contributed by atoms with Crippen molar-refractivity contribution in [3.63, 3.8) is 0 Å². The number of benzene rings is 1. The topological polar surface area (TPSA) is 29.5 Å². The molecule has 0 N–H and O–H groups in total. The number of fused-ring (bicyclic) bond motifs is 1. The lowest BCUT2D eigenvalue weighted by atomic mass is 9.77. The number of rotatable bonds is 4. The summed E-state index contributed by atoms with van der Waals surface area (Å²) < 4.78 is 5.12. The molecule has 108 valence electrons. The monoisotopic (exact) mass is 273 g/mol. The van der Waals surface area contributed by atoms with Gasteiger partial charge in [0.1, 0.15) is 0 Å². The summed E-state index contributed by atoms with van der Waals surface area (Å²) >= 11 is 0. The second kappa shape index (κ2) is 5.96. The van der Waals surface area contributed by atoms with Crippen LogP contribution in [0.2, 0.25) is 0 Å². The maximum Gasteiger partial charge on any atom is 0.309 e. The minimum absolute atomic E-state index is 0.00106. The number of ether oxygens (including phenoxy) is 1. The molecule has 2 aliphatic rings. The van der Waals surface area contributed by atoms with Gasteiger partial charge in [-0.25, -0.2) is 0 Å². The van der Waals surface area contributed by atoms with Gasteiger partial charge in [-0.3, -0.25) is 4.79 Å². The van der Waals surface area contributed by atoms with Crippen LogP contribution < -0.4 is 0 Å². The molecule has 1 aliphatic heterocycles. The highest BCUT2D eigenvalue weighted by molar-refractivity contribution is 5.72. The van der Waals surface area contributed by atoms with Gasteiger partial charge >= 0.3 is 5.97 Å². The van der Waals surface area contributed by atoms with E-state index in [0.717, 1.165) is 32.5 Å². The van der Waals surface area contributed by atoms with Gasteiger partial charge in [0.2, 0.25) is 0 Å². The number of nitrogens with zero attached hydrogens (tertiary/aromatic N) is 1. The third kappa shape index (κ3) is 2.73. The Labute approximate surface area is 120 Å². The van der Waals surface area contributed by atoms with E-state index in [1.807, 2.05) is 6.92 Å². The number of piperidine rings is 1. The Hall–Kier alpha value is -1.35. The number of likely N-dealkylation sites (tertiary alicyclic amines) is 1. The van der Waals surface area contributed by atoms with E-state index in [0.29, 0.717) is 12.5 Å². The lowest BCUT2D eigenvalue weighted by molar-refractivity contribution is -0.149. The van der Waals surface area contributed by atoms with E-state index in [1.54, 1.807) is 0 Å². The van der Waals surface area contributed by atoms with E-state index in [-0.39, 0.29) is 11.9 Å². The molecule has 1 atom stereocenters. The Morgan fingerprint density at radius 2 is 2.05 bits per heavy atom. The van der Waals surface area contributed by atoms with E-state index in [9.17, 15) is 4.79 Å². The zero-order valence-corrected chi connectivity index (χ0v) is 12.2. The van der Waals surface area contributed by atoms with Crippen molar-refractivity contribution in [3.8, 4) is 0 Å². The maximum atomic E-state index is 11.7. The first-order valence-electron chi connectivity index (χ1n) is 7.74. The molecule has 1 heterocycles. The van der Waals surface area contributed by atoms with Crippen molar-refractivity contribution in [2.45, 2.75) is 32.1 Å². The largest absolute Gasteiger partial charge is 0.466 e. The quantitative estimate of drug-likeness (QED) is 0.790. The van der Waals surface area contributed by atoms with Gasteiger partial charge in [-0.05, 0) is 50.4 Å². The molecule has 0 saturated carbocycles. The molecule has 1 aromatic carbocycles. The number of esters is 1. The predicted molar refractivity (Wildman–Crippen MR) is 78.7 cm³/mol. The third-order valence-electron chi connectivity index (χ3n) is 4.65. The first kappa shape index (κ1) is 13.6. The average molecular weight is 273 g/mol. The zero-order valence-electron chi connectivity index (χ0n) is 12.2. The van der Waals surface area contributed by atoms with Gasteiger partial charge in [-0.15, -0.1) is 0 Å². The molecule has 0 radical (unpaired) electrons. The summed E-state index contributed by atoms with van der Waals surface area (Å²) in [5, 5.41) is 0. The van der Waals surface area contributed by atoms with Gasteiger partial charge in [0.15, 0.2) is 0 Å². The Morgan fingerprint density at radius 1 is 1.30 bits per heavy atom. The molecular weight excluding hydrogens is 250 g/mol. The third-order valence-corrected chi connectivity index (χ3v) is 4.65. The van der Waals surface area contributed by atoms with E-state index in [1.165, 1.54) is 17.5 Å². The maximum absolute atomic E-state index is 11.7. The number of hydrogen-bond acceptors (Lipinski definition) is 3. The molecule has 0 bridgehead atoms. The lowest BCUT2D eigenvalue weighted by Gasteiger charge is -2.37. The van der Waals surface area contributed by atoms with E-state index >= 15 is 0 Å². The summed E-state index contributed by atoms with van der Waals surface area (Å²) in [6, 6.07) is 8.76. The Bertz CT molecular complexity index is 478. The van der Waals surface area contributed by atoms with Crippen molar-refractivity contribution >= 4 is 5.97 Å². The molecule has 3 nitrogen and oxygen atoms in total. The summed E-state index contributed by atoms with van der Waals surface area (Å²) in [6.45, 7) is 5.58. The molecule has 1 aliphatic carbocycles. The van der Waals surface area contributed by atoms with Gasteiger partial charge in [0, 0.05) is 12.5 Å². The number of carbonyl (C=O) groups excluding carboxylic acids is 1. The fourth-order valence-corrected chi connectivity index (χ4v) is 3.45. The van der Waals surface area contributed by atoms with Crippen molar-refractivity contribution in [1.82, 2.24) is 4.90 Å². The molecule has 1 aromatic rings. The highest BCUT2D eigenvalue weighted by atomic mass is 16.5. The van der Waals surface area contributed by atoms with E-state index < -0.39 is 0 Å². The molecule has 0 amide bonds. The molecule has 3 heteroatoms. The first-order valence-corrected chi connectivity index (χ1v) is 7.74. The first-order chi connectivity index (χ1) is 9.78. The molecule has 1 unspecified atom stereocenters. The minimum atomic E-state index is 0.00106. The molecule has 0 aromatic heterocycles. The molecule has 1 saturated heterocycles. The van der Waals surface area contributed by atoms with Crippen LogP contribution in [0, 0.1) is 5.92 Å². The zero-order chi connectivity index (χ0) is 13.9. The Balaban J connectivity index is 1.47. The predicted octanol–water partition coefficient (Wildman–Crippen LogP) is 2.60. The highest BCUT2D eigenvalue weighted by Gasteiger charge is 2.30. The van der Waals surface area contributed by atoms with Gasteiger partial charge in [-0.1, -0.05) is 24.3 Å². The van der Waals surface area contributed by atoms with E-state index in [4.69, 9.17) is 4.74 Å². The van der Waals surface area contributed by atoms with Gasteiger partial charge in [0.25, 0.3) is 0 Å². The Morgan fingerprint density at radius 3 is 2.75 bits per heavy atom. The summed E-state index contributed by atoms with van der Waals surface area (Å²) in [7, 11) is 0. The van der Waals surface area contributed by atoms with Crippen molar-refractivity contribution in [2.24, 2.45) is 5.92 Å². The summed E-state index contributed by atoms with van der Waals surface area (Å²) in [5.41, 5.74) is 3.04.